The first-order valence-electron chi connectivity index (χ1n) is 22.0. The standard InChI is InChI=1S/C47H75NO6S/c1-5-8-9-10-11-12-13-14-15-16-17-18-19-24-33-55-44-36-42(48-51-4)40-34-37(25-20-22-29-49)39(26-21-23-30-50)45-41-35-38(52-31-6-2)27-28-43(41)54-47(44,46(40)45)53-32-7-3/h6-7,27-28,34-35,37,39,44-46,49-50H,2-3,5,8-26,29-33,36H2,1,4H3/t37-,39+,44-,45+,46+,47+/m0/s1. The van der Waals surface area contributed by atoms with E-state index in [4.69, 9.17) is 24.2 Å². The van der Waals surface area contributed by atoms with E-state index in [-0.39, 0.29) is 42.1 Å². The average molecular weight is 782 g/mol. The molecule has 55 heavy (non-hydrogen) atoms. The van der Waals surface area contributed by atoms with Gasteiger partial charge in [0.1, 0.15) is 25.2 Å². The van der Waals surface area contributed by atoms with E-state index in [0.717, 1.165) is 67.1 Å². The van der Waals surface area contributed by atoms with Crippen molar-refractivity contribution in [2.45, 2.75) is 159 Å². The Kier molecular flexibility index (Phi) is 21.4. The van der Waals surface area contributed by atoms with Gasteiger partial charge in [-0.25, -0.2) is 0 Å². The second kappa shape index (κ2) is 25.9. The number of nitrogens with zero attached hydrogens (tertiary/aromatic N) is 1. The fraction of sp³-hybridized carbons (Fsp3) is 0.723. The molecule has 8 heteroatoms. The lowest BCUT2D eigenvalue weighted by atomic mass is 9.56. The van der Waals surface area contributed by atoms with Gasteiger partial charge in [0.05, 0.1) is 23.5 Å². The predicted octanol–water partition coefficient (Wildman–Crippen LogP) is 11.7. The summed E-state index contributed by atoms with van der Waals surface area (Å²) < 4.78 is 20.4. The second-order valence-electron chi connectivity index (χ2n) is 16.0. The van der Waals surface area contributed by atoms with Crippen LogP contribution in [0, 0.1) is 17.8 Å². The monoisotopic (exact) mass is 782 g/mol. The lowest BCUT2D eigenvalue weighted by molar-refractivity contribution is -0.223. The third kappa shape index (κ3) is 13.1. The lowest BCUT2D eigenvalue weighted by Gasteiger charge is -2.58. The van der Waals surface area contributed by atoms with E-state index in [1.165, 1.54) is 95.5 Å². The van der Waals surface area contributed by atoms with Crippen molar-refractivity contribution < 1.29 is 29.3 Å². The number of allylic oxidation sites excluding steroid dienone is 1. The van der Waals surface area contributed by atoms with Crippen molar-refractivity contribution in [3.05, 3.63) is 60.7 Å². The van der Waals surface area contributed by atoms with Crippen molar-refractivity contribution in [3.63, 3.8) is 0 Å². The van der Waals surface area contributed by atoms with Gasteiger partial charge in [-0.2, -0.15) is 11.8 Å². The van der Waals surface area contributed by atoms with Crippen LogP contribution in [0.3, 0.4) is 0 Å². The number of ether oxygens (including phenoxy) is 3. The Balaban J connectivity index is 1.55. The van der Waals surface area contributed by atoms with Crippen LogP contribution in [0.1, 0.15) is 153 Å². The van der Waals surface area contributed by atoms with Crippen LogP contribution in [0.4, 0.5) is 0 Å². The molecule has 6 atom stereocenters. The molecule has 7 nitrogen and oxygen atoms in total. The highest BCUT2D eigenvalue weighted by molar-refractivity contribution is 8.00. The number of aliphatic hydroxyl groups is 2. The van der Waals surface area contributed by atoms with Crippen molar-refractivity contribution in [2.24, 2.45) is 22.9 Å². The van der Waals surface area contributed by atoms with Gasteiger partial charge in [0, 0.05) is 31.1 Å². The first-order valence-corrected chi connectivity index (χ1v) is 23.1. The minimum absolute atomic E-state index is 0.00171. The molecule has 310 valence electrons. The molecule has 2 aliphatic carbocycles. The summed E-state index contributed by atoms with van der Waals surface area (Å²) in [7, 11) is 1.65. The molecule has 0 aromatic heterocycles. The van der Waals surface area contributed by atoms with Gasteiger partial charge in [0.2, 0.25) is 5.79 Å². The van der Waals surface area contributed by atoms with Crippen LogP contribution in [-0.2, 0) is 9.57 Å². The highest BCUT2D eigenvalue weighted by Gasteiger charge is 2.63. The molecule has 0 amide bonds. The van der Waals surface area contributed by atoms with E-state index in [9.17, 15) is 10.2 Å². The van der Waals surface area contributed by atoms with E-state index in [0.29, 0.717) is 19.6 Å². The molecular formula is C47H75NO6S. The van der Waals surface area contributed by atoms with Crippen molar-refractivity contribution >= 4 is 17.5 Å². The van der Waals surface area contributed by atoms with E-state index in [1.54, 1.807) is 13.2 Å². The summed E-state index contributed by atoms with van der Waals surface area (Å²) in [5.74, 6) is 2.28. The Morgan fingerprint density at radius 1 is 0.836 bits per heavy atom. The zero-order valence-corrected chi connectivity index (χ0v) is 35.3. The summed E-state index contributed by atoms with van der Waals surface area (Å²) in [5, 5.41) is 24.3. The van der Waals surface area contributed by atoms with E-state index in [1.807, 2.05) is 23.9 Å². The molecule has 4 rings (SSSR count). The molecule has 1 saturated carbocycles. The van der Waals surface area contributed by atoms with Crippen molar-refractivity contribution in [1.82, 2.24) is 0 Å². The normalized spacial score (nSPS) is 24.8. The van der Waals surface area contributed by atoms with Crippen LogP contribution in [-0.4, -0.2) is 66.3 Å². The van der Waals surface area contributed by atoms with Crippen LogP contribution in [0.2, 0.25) is 0 Å². The zero-order chi connectivity index (χ0) is 39.1. The first kappa shape index (κ1) is 45.4. The number of hydrogen-bond acceptors (Lipinski definition) is 8. The van der Waals surface area contributed by atoms with Gasteiger partial charge >= 0.3 is 0 Å². The summed E-state index contributed by atoms with van der Waals surface area (Å²) in [5.41, 5.74) is 3.30. The summed E-state index contributed by atoms with van der Waals surface area (Å²) in [6.07, 6.45) is 31.0. The first-order chi connectivity index (χ1) is 27.1. The summed E-state index contributed by atoms with van der Waals surface area (Å²) >= 11 is 1.97. The number of aliphatic hydroxyl groups excluding tert-OH is 2. The molecule has 0 bridgehead atoms. The van der Waals surface area contributed by atoms with Gasteiger partial charge in [0.15, 0.2) is 0 Å². The lowest BCUT2D eigenvalue weighted by Crippen LogP contribution is -2.64. The summed E-state index contributed by atoms with van der Waals surface area (Å²) in [6.45, 7) is 11.4. The number of fused-ring (bicyclic) bond motifs is 2. The second-order valence-corrected chi connectivity index (χ2v) is 17.3. The molecule has 3 aliphatic rings. The molecule has 1 aromatic rings. The van der Waals surface area contributed by atoms with Gasteiger partial charge in [-0.1, -0.05) is 133 Å². The molecular weight excluding hydrogens is 707 g/mol. The van der Waals surface area contributed by atoms with Crippen LogP contribution in [0.15, 0.2) is 60.3 Å². The van der Waals surface area contributed by atoms with Crippen LogP contribution in [0.25, 0.3) is 0 Å². The van der Waals surface area contributed by atoms with E-state index < -0.39 is 5.79 Å². The van der Waals surface area contributed by atoms with Crippen molar-refractivity contribution in [1.29, 1.82) is 0 Å². The van der Waals surface area contributed by atoms with Gasteiger partial charge < -0.3 is 29.3 Å². The Morgan fingerprint density at radius 3 is 2.09 bits per heavy atom. The third-order valence-corrected chi connectivity index (χ3v) is 13.4. The number of unbranched alkanes of at least 4 members (excludes halogenated alkanes) is 15. The number of oxime groups is 1. The summed E-state index contributed by atoms with van der Waals surface area (Å²) in [6, 6.07) is 6.24. The maximum atomic E-state index is 9.83. The fourth-order valence-electron chi connectivity index (χ4n) is 9.35. The highest BCUT2D eigenvalue weighted by atomic mass is 32.2. The summed E-state index contributed by atoms with van der Waals surface area (Å²) in [4.78, 5) is 5.57. The zero-order valence-electron chi connectivity index (χ0n) is 34.5. The van der Waals surface area contributed by atoms with Crippen LogP contribution < -0.4 is 9.47 Å². The van der Waals surface area contributed by atoms with Gasteiger partial charge in [-0.15, -0.1) is 6.58 Å². The fourth-order valence-corrected chi connectivity index (χ4v) is 10.8. The minimum Gasteiger partial charge on any atom is -0.490 e. The van der Waals surface area contributed by atoms with Gasteiger partial charge in [-0.05, 0) is 73.5 Å². The smallest absolute Gasteiger partial charge is 0.230 e. The molecule has 2 N–H and O–H groups in total. The molecule has 1 aromatic carbocycles. The average Bonchev–Trinajstić information content (AvgIpc) is 3.20. The number of hydrogen-bond donors (Lipinski definition) is 2. The largest absolute Gasteiger partial charge is 0.490 e. The predicted molar refractivity (Wildman–Crippen MR) is 230 cm³/mol. The Hall–Kier alpha value is -2.26. The topological polar surface area (TPSA) is 89.7 Å². The number of benzene rings is 1. The van der Waals surface area contributed by atoms with Crippen molar-refractivity contribution in [3.8, 4) is 11.5 Å². The maximum absolute atomic E-state index is 9.83. The molecule has 0 saturated heterocycles. The van der Waals surface area contributed by atoms with E-state index in [2.05, 4.69) is 38.3 Å². The molecule has 1 fully saturated rings. The third-order valence-electron chi connectivity index (χ3n) is 12.0. The van der Waals surface area contributed by atoms with E-state index >= 15 is 0 Å². The van der Waals surface area contributed by atoms with Crippen molar-refractivity contribution in [2.75, 3.05) is 39.3 Å². The van der Waals surface area contributed by atoms with Gasteiger partial charge in [-0.3, -0.25) is 0 Å². The molecule has 0 unspecified atom stereocenters. The Labute approximate surface area is 338 Å². The maximum Gasteiger partial charge on any atom is 0.230 e. The number of thioether (sulfide) groups is 1. The quantitative estimate of drug-likeness (QED) is 0.0440. The minimum atomic E-state index is -0.917. The molecule has 0 radical (unpaired) electrons. The van der Waals surface area contributed by atoms with Crippen LogP contribution in [0.5, 0.6) is 11.5 Å². The number of rotatable bonds is 31. The highest BCUT2D eigenvalue weighted by Crippen LogP contribution is 2.62. The Morgan fingerprint density at radius 2 is 1.47 bits per heavy atom. The SMILES string of the molecule is C=CCOc1ccc2c(c1)[C@H]1[C@H](CCCCO)[C@@H](CCCCO)C=C3C(=NOC)C[C@H](SCCCCCCCCCCCCCCCC)[C@@](OCC=C)(O2)[C@H]31. The van der Waals surface area contributed by atoms with Gasteiger partial charge in [0.25, 0.3) is 0 Å². The van der Waals surface area contributed by atoms with Crippen LogP contribution >= 0.6 is 11.8 Å². The molecule has 1 aliphatic heterocycles. The molecule has 1 heterocycles. The molecule has 0 spiro atoms. The Bertz CT molecular complexity index is 1320.